The van der Waals surface area contributed by atoms with E-state index in [0.29, 0.717) is 25.3 Å². The van der Waals surface area contributed by atoms with E-state index in [2.05, 4.69) is 9.88 Å². The summed E-state index contributed by atoms with van der Waals surface area (Å²) in [4.78, 5) is 43.4. The molecule has 0 bridgehead atoms. The summed E-state index contributed by atoms with van der Waals surface area (Å²) in [6.07, 6.45) is 8.18. The first-order valence-electron chi connectivity index (χ1n) is 11.6. The SMILES string of the molecule is O=C(c1ccncc1)N1CCN(c2ccc(OCCCN3CCCCC3)cc2)C(=O)C1.O=CO. The van der Waals surface area contributed by atoms with Gasteiger partial charge >= 0.3 is 0 Å². The predicted octanol–water partition coefficient (Wildman–Crippen LogP) is 2.53. The lowest BCUT2D eigenvalue weighted by molar-refractivity contribution is -0.123. The number of nitrogens with zero attached hydrogens (tertiary/aromatic N) is 4. The molecule has 2 aliphatic heterocycles. The Labute approximate surface area is 199 Å². The number of carbonyl (C=O) groups excluding carboxylic acids is 2. The Morgan fingerprint density at radius 2 is 1.68 bits per heavy atom. The summed E-state index contributed by atoms with van der Waals surface area (Å²) in [6, 6.07) is 11.0. The monoisotopic (exact) mass is 468 g/mol. The Balaban J connectivity index is 0.00000103. The number of aromatic nitrogens is 1. The molecular weight excluding hydrogens is 436 g/mol. The van der Waals surface area contributed by atoms with Crippen molar-refractivity contribution in [3.8, 4) is 5.75 Å². The molecule has 1 N–H and O–H groups in total. The van der Waals surface area contributed by atoms with E-state index in [-0.39, 0.29) is 24.8 Å². The summed E-state index contributed by atoms with van der Waals surface area (Å²) in [5, 5.41) is 6.89. The zero-order chi connectivity index (χ0) is 24.2. The van der Waals surface area contributed by atoms with Crippen LogP contribution in [0.5, 0.6) is 5.75 Å². The third kappa shape index (κ3) is 7.28. The van der Waals surface area contributed by atoms with Crippen LogP contribution >= 0.6 is 0 Å². The molecule has 3 heterocycles. The molecule has 9 nitrogen and oxygen atoms in total. The molecule has 2 saturated heterocycles. The molecule has 0 atom stereocenters. The number of ether oxygens (including phenoxy) is 1. The van der Waals surface area contributed by atoms with Gasteiger partial charge in [0.15, 0.2) is 0 Å². The second kappa shape index (κ2) is 13.3. The number of carbonyl (C=O) groups is 3. The first-order chi connectivity index (χ1) is 16.6. The lowest BCUT2D eigenvalue weighted by Crippen LogP contribution is -2.52. The van der Waals surface area contributed by atoms with Crippen molar-refractivity contribution < 1.29 is 24.2 Å². The van der Waals surface area contributed by atoms with Gasteiger partial charge in [-0.1, -0.05) is 6.42 Å². The highest BCUT2D eigenvalue weighted by atomic mass is 16.5. The van der Waals surface area contributed by atoms with Crippen molar-refractivity contribution >= 4 is 24.0 Å². The fourth-order valence-corrected chi connectivity index (χ4v) is 4.18. The molecule has 9 heteroatoms. The zero-order valence-corrected chi connectivity index (χ0v) is 19.3. The molecule has 2 amide bonds. The summed E-state index contributed by atoms with van der Waals surface area (Å²) in [6.45, 7) is 5.02. The number of benzene rings is 1. The van der Waals surface area contributed by atoms with Crippen molar-refractivity contribution in [2.24, 2.45) is 0 Å². The van der Waals surface area contributed by atoms with Gasteiger partial charge in [0, 0.05) is 43.3 Å². The molecule has 2 aromatic rings. The van der Waals surface area contributed by atoms with Gasteiger partial charge in [-0.2, -0.15) is 0 Å². The summed E-state index contributed by atoms with van der Waals surface area (Å²) >= 11 is 0. The van der Waals surface area contributed by atoms with Crippen LogP contribution in [0.15, 0.2) is 48.8 Å². The van der Waals surface area contributed by atoms with E-state index in [1.807, 2.05) is 24.3 Å². The van der Waals surface area contributed by atoms with E-state index >= 15 is 0 Å². The normalized spacial score (nSPS) is 16.4. The Bertz CT molecular complexity index is 917. The number of amides is 2. The fraction of sp³-hybridized carbons (Fsp3) is 0.440. The first kappa shape index (κ1) is 25.2. The number of piperidine rings is 1. The van der Waals surface area contributed by atoms with E-state index in [0.717, 1.165) is 24.4 Å². The van der Waals surface area contributed by atoms with Crippen molar-refractivity contribution in [3.63, 3.8) is 0 Å². The average molecular weight is 469 g/mol. The number of piperazine rings is 1. The van der Waals surface area contributed by atoms with Gasteiger partial charge in [-0.15, -0.1) is 0 Å². The van der Waals surface area contributed by atoms with Crippen LogP contribution in [-0.4, -0.2) is 84.1 Å². The Hall–Kier alpha value is -3.46. The molecule has 182 valence electrons. The van der Waals surface area contributed by atoms with Gasteiger partial charge in [-0.25, -0.2) is 0 Å². The van der Waals surface area contributed by atoms with Gasteiger partial charge in [0.1, 0.15) is 12.3 Å². The molecule has 4 rings (SSSR count). The highest BCUT2D eigenvalue weighted by Gasteiger charge is 2.28. The van der Waals surface area contributed by atoms with E-state index < -0.39 is 0 Å². The second-order valence-corrected chi connectivity index (χ2v) is 8.21. The van der Waals surface area contributed by atoms with Crippen molar-refractivity contribution in [2.75, 3.05) is 50.8 Å². The van der Waals surface area contributed by atoms with Gasteiger partial charge in [0.2, 0.25) is 5.91 Å². The second-order valence-electron chi connectivity index (χ2n) is 8.21. The Kier molecular flexibility index (Phi) is 9.84. The molecular formula is C25H32N4O5. The van der Waals surface area contributed by atoms with E-state index in [9.17, 15) is 9.59 Å². The molecule has 2 aliphatic rings. The largest absolute Gasteiger partial charge is 0.494 e. The van der Waals surface area contributed by atoms with Gasteiger partial charge < -0.3 is 24.5 Å². The maximum Gasteiger partial charge on any atom is 0.290 e. The standard InChI is InChI=1S/C24H30N4O3.CH2O2/c29-23-19-27(24(30)20-9-11-25-12-10-20)16-17-28(23)21-5-7-22(8-6-21)31-18-4-15-26-13-2-1-3-14-26;2-1-3/h5-12H,1-4,13-19H2;1H,(H,2,3). The van der Waals surface area contributed by atoms with Crippen LogP contribution in [0.4, 0.5) is 5.69 Å². The first-order valence-corrected chi connectivity index (χ1v) is 11.6. The number of hydrogen-bond donors (Lipinski definition) is 1. The fourth-order valence-electron chi connectivity index (χ4n) is 4.18. The molecule has 0 spiro atoms. The molecule has 0 saturated carbocycles. The Morgan fingerprint density at radius 3 is 2.32 bits per heavy atom. The molecule has 1 aromatic heterocycles. The molecule has 2 fully saturated rings. The lowest BCUT2D eigenvalue weighted by atomic mass is 10.1. The summed E-state index contributed by atoms with van der Waals surface area (Å²) in [7, 11) is 0. The number of carboxylic acid groups (broad SMARTS) is 1. The van der Waals surface area contributed by atoms with Gasteiger partial charge in [0.25, 0.3) is 12.4 Å². The third-order valence-corrected chi connectivity index (χ3v) is 5.92. The minimum Gasteiger partial charge on any atom is -0.494 e. The maximum atomic E-state index is 12.7. The number of pyridine rings is 1. The van der Waals surface area contributed by atoms with E-state index in [1.165, 1.54) is 32.4 Å². The van der Waals surface area contributed by atoms with Crippen LogP contribution < -0.4 is 9.64 Å². The van der Waals surface area contributed by atoms with Crippen molar-refractivity contribution in [3.05, 3.63) is 54.4 Å². The lowest BCUT2D eigenvalue weighted by Gasteiger charge is -2.34. The van der Waals surface area contributed by atoms with Crippen LogP contribution in [0.2, 0.25) is 0 Å². The Morgan fingerprint density at radius 1 is 1.00 bits per heavy atom. The number of likely N-dealkylation sites (tertiary alicyclic amines) is 1. The van der Waals surface area contributed by atoms with E-state index in [1.54, 1.807) is 34.3 Å². The summed E-state index contributed by atoms with van der Waals surface area (Å²) in [5.41, 5.74) is 1.39. The topological polar surface area (TPSA) is 103 Å². The van der Waals surface area contributed by atoms with E-state index in [4.69, 9.17) is 14.6 Å². The minimum atomic E-state index is -0.250. The molecule has 0 radical (unpaired) electrons. The molecule has 34 heavy (non-hydrogen) atoms. The summed E-state index contributed by atoms with van der Waals surface area (Å²) < 4.78 is 5.88. The molecule has 0 unspecified atom stereocenters. The highest BCUT2D eigenvalue weighted by Crippen LogP contribution is 2.22. The third-order valence-electron chi connectivity index (χ3n) is 5.92. The zero-order valence-electron chi connectivity index (χ0n) is 19.3. The molecule has 1 aromatic carbocycles. The van der Waals surface area contributed by atoms with Crippen molar-refractivity contribution in [1.29, 1.82) is 0 Å². The smallest absolute Gasteiger partial charge is 0.290 e. The molecule has 0 aliphatic carbocycles. The quantitative estimate of drug-likeness (QED) is 0.492. The van der Waals surface area contributed by atoms with Crippen molar-refractivity contribution in [1.82, 2.24) is 14.8 Å². The van der Waals surface area contributed by atoms with Crippen LogP contribution in [-0.2, 0) is 9.59 Å². The number of hydrogen-bond acceptors (Lipinski definition) is 6. The van der Waals surface area contributed by atoms with Gasteiger partial charge in [-0.3, -0.25) is 19.4 Å². The summed E-state index contributed by atoms with van der Waals surface area (Å²) in [5.74, 6) is 0.605. The van der Waals surface area contributed by atoms with Gasteiger partial charge in [-0.05, 0) is 68.8 Å². The van der Waals surface area contributed by atoms with Crippen LogP contribution in [0.1, 0.15) is 36.0 Å². The van der Waals surface area contributed by atoms with Gasteiger partial charge in [0.05, 0.1) is 6.61 Å². The van der Waals surface area contributed by atoms with Crippen LogP contribution in [0, 0.1) is 0 Å². The van der Waals surface area contributed by atoms with Crippen LogP contribution in [0.25, 0.3) is 0 Å². The number of rotatable bonds is 7. The maximum absolute atomic E-state index is 12.7. The number of anilines is 1. The average Bonchev–Trinajstić information content (AvgIpc) is 2.88. The minimum absolute atomic E-state index is 0.0793. The van der Waals surface area contributed by atoms with Crippen LogP contribution in [0.3, 0.4) is 0 Å². The predicted molar refractivity (Wildman–Crippen MR) is 128 cm³/mol. The van der Waals surface area contributed by atoms with Crippen molar-refractivity contribution in [2.45, 2.75) is 25.7 Å². The highest BCUT2D eigenvalue weighted by molar-refractivity contribution is 6.01.